The van der Waals surface area contributed by atoms with Gasteiger partial charge in [0, 0.05) is 66.8 Å². The maximum absolute atomic E-state index is 4.96. The molecule has 7 nitrogen and oxygen atoms in total. The van der Waals surface area contributed by atoms with Crippen LogP contribution in [0.15, 0.2) is 48.9 Å². The Bertz CT molecular complexity index is 1200. The molecular weight excluding hydrogens is 386 g/mol. The number of pyridine rings is 1. The highest BCUT2D eigenvalue weighted by Gasteiger charge is 2.23. The lowest BCUT2D eigenvalue weighted by Gasteiger charge is -2.29. The van der Waals surface area contributed by atoms with Gasteiger partial charge in [0.1, 0.15) is 5.65 Å². The molecule has 7 heteroatoms. The van der Waals surface area contributed by atoms with Crippen molar-refractivity contribution in [2.45, 2.75) is 31.7 Å². The number of hydrogen-bond acceptors (Lipinski definition) is 6. The molecule has 1 aromatic carbocycles. The van der Waals surface area contributed by atoms with E-state index in [4.69, 9.17) is 4.98 Å². The first-order chi connectivity index (χ1) is 15.4. The van der Waals surface area contributed by atoms with Crippen LogP contribution in [0.1, 0.15) is 31.7 Å². The first kappa shape index (κ1) is 18.6. The van der Waals surface area contributed by atoms with Crippen molar-refractivity contribution in [3.05, 3.63) is 48.9 Å². The Morgan fingerprint density at radius 3 is 2.55 bits per heavy atom. The van der Waals surface area contributed by atoms with Crippen LogP contribution in [0.3, 0.4) is 0 Å². The number of aromatic nitrogens is 4. The van der Waals surface area contributed by atoms with Gasteiger partial charge in [-0.05, 0) is 43.2 Å². The zero-order valence-corrected chi connectivity index (χ0v) is 17.6. The maximum Gasteiger partial charge on any atom is 0.229 e. The monoisotopic (exact) mass is 413 g/mol. The van der Waals surface area contributed by atoms with Crippen LogP contribution in [0, 0.1) is 0 Å². The highest BCUT2D eigenvalue weighted by Crippen LogP contribution is 2.37. The number of rotatable bonds is 4. The molecule has 4 aromatic rings. The number of nitrogens with zero attached hydrogens (tertiary/aromatic N) is 5. The van der Waals surface area contributed by atoms with Crippen LogP contribution in [-0.4, -0.2) is 45.7 Å². The number of hydrogen-bond donors (Lipinski definition) is 2. The third-order valence-electron chi connectivity index (χ3n) is 6.64. The summed E-state index contributed by atoms with van der Waals surface area (Å²) in [6.07, 6.45) is 10.7. The van der Waals surface area contributed by atoms with Gasteiger partial charge in [0.05, 0.1) is 11.7 Å². The Morgan fingerprint density at radius 1 is 0.935 bits per heavy atom. The van der Waals surface area contributed by atoms with E-state index in [1.54, 1.807) is 0 Å². The van der Waals surface area contributed by atoms with Gasteiger partial charge in [0.2, 0.25) is 5.95 Å². The SMILES string of the molecule is c1cc2c3cnc(Nc4ccc(N5CCNCC5)cc4)nc3n(C3CCCC3)c2cn1. The molecule has 2 fully saturated rings. The van der Waals surface area contributed by atoms with Gasteiger partial charge in [0.25, 0.3) is 0 Å². The average Bonchev–Trinajstić information content (AvgIpc) is 3.46. The molecule has 0 bridgehead atoms. The van der Waals surface area contributed by atoms with E-state index in [2.05, 4.69) is 60.4 Å². The van der Waals surface area contributed by atoms with Crippen molar-refractivity contribution in [1.29, 1.82) is 0 Å². The quantitative estimate of drug-likeness (QED) is 0.521. The van der Waals surface area contributed by atoms with Crippen LogP contribution in [0.25, 0.3) is 21.9 Å². The fraction of sp³-hybridized carbons (Fsp3) is 0.375. The van der Waals surface area contributed by atoms with E-state index in [0.717, 1.165) is 48.4 Å². The summed E-state index contributed by atoms with van der Waals surface area (Å²) in [5, 5.41) is 9.09. The van der Waals surface area contributed by atoms with Gasteiger partial charge in [-0.15, -0.1) is 0 Å². The Labute approximate surface area is 181 Å². The Kier molecular flexibility index (Phi) is 4.68. The second kappa shape index (κ2) is 7.81. The smallest absolute Gasteiger partial charge is 0.229 e. The van der Waals surface area contributed by atoms with Crippen LogP contribution >= 0.6 is 0 Å². The summed E-state index contributed by atoms with van der Waals surface area (Å²) < 4.78 is 2.39. The molecule has 0 amide bonds. The van der Waals surface area contributed by atoms with Gasteiger partial charge in [0.15, 0.2) is 0 Å². The molecule has 0 radical (unpaired) electrons. The lowest BCUT2D eigenvalue weighted by molar-refractivity contribution is 0.546. The lowest BCUT2D eigenvalue weighted by atomic mass is 10.2. The Balaban J connectivity index is 1.33. The summed E-state index contributed by atoms with van der Waals surface area (Å²) in [5.41, 5.74) is 4.43. The predicted molar refractivity (Wildman–Crippen MR) is 125 cm³/mol. The third kappa shape index (κ3) is 3.39. The van der Waals surface area contributed by atoms with E-state index >= 15 is 0 Å². The van der Waals surface area contributed by atoms with E-state index in [-0.39, 0.29) is 0 Å². The standard InChI is InChI=1S/C24H27N7/c1-2-4-19(3-1)31-22-16-26-10-9-20(22)21-15-27-24(29-23(21)31)28-17-5-7-18(8-6-17)30-13-11-25-12-14-30/h5-10,15-16,19,25H,1-4,11-14H2,(H,27,28,29). The van der Waals surface area contributed by atoms with Gasteiger partial charge < -0.3 is 20.1 Å². The lowest BCUT2D eigenvalue weighted by Crippen LogP contribution is -2.43. The molecule has 3 aromatic heterocycles. The fourth-order valence-electron chi connectivity index (χ4n) is 5.07. The summed E-state index contributed by atoms with van der Waals surface area (Å²) in [5.74, 6) is 0.637. The molecule has 31 heavy (non-hydrogen) atoms. The summed E-state index contributed by atoms with van der Waals surface area (Å²) >= 11 is 0. The second-order valence-electron chi connectivity index (χ2n) is 8.54. The Morgan fingerprint density at radius 2 is 1.74 bits per heavy atom. The summed E-state index contributed by atoms with van der Waals surface area (Å²) in [4.78, 5) is 16.4. The minimum atomic E-state index is 0.491. The minimum Gasteiger partial charge on any atom is -0.369 e. The van der Waals surface area contributed by atoms with Crippen LogP contribution in [0.4, 0.5) is 17.3 Å². The van der Waals surface area contributed by atoms with Crippen molar-refractivity contribution >= 4 is 39.3 Å². The number of benzene rings is 1. The van der Waals surface area contributed by atoms with Crippen LogP contribution in [0.5, 0.6) is 0 Å². The fourth-order valence-corrected chi connectivity index (χ4v) is 5.07. The second-order valence-corrected chi connectivity index (χ2v) is 8.54. The van der Waals surface area contributed by atoms with E-state index in [1.807, 2.05) is 18.6 Å². The van der Waals surface area contributed by atoms with E-state index in [0.29, 0.717) is 12.0 Å². The van der Waals surface area contributed by atoms with Gasteiger partial charge in [-0.2, -0.15) is 4.98 Å². The van der Waals surface area contributed by atoms with Gasteiger partial charge in [-0.25, -0.2) is 4.98 Å². The van der Waals surface area contributed by atoms with Crippen molar-refractivity contribution in [2.75, 3.05) is 36.4 Å². The van der Waals surface area contributed by atoms with Crippen molar-refractivity contribution in [3.63, 3.8) is 0 Å². The zero-order valence-electron chi connectivity index (χ0n) is 17.6. The van der Waals surface area contributed by atoms with Gasteiger partial charge in [-0.3, -0.25) is 4.98 Å². The van der Waals surface area contributed by atoms with Crippen LogP contribution < -0.4 is 15.5 Å². The molecule has 4 heterocycles. The molecule has 1 aliphatic carbocycles. The van der Waals surface area contributed by atoms with Crippen molar-refractivity contribution in [2.24, 2.45) is 0 Å². The maximum atomic E-state index is 4.96. The first-order valence-electron chi connectivity index (χ1n) is 11.3. The molecule has 2 aliphatic rings. The molecule has 1 aliphatic heterocycles. The first-order valence-corrected chi connectivity index (χ1v) is 11.3. The number of anilines is 3. The van der Waals surface area contributed by atoms with Crippen LogP contribution in [0.2, 0.25) is 0 Å². The van der Waals surface area contributed by atoms with Crippen LogP contribution in [-0.2, 0) is 0 Å². The molecule has 1 saturated carbocycles. The molecule has 1 saturated heterocycles. The number of fused-ring (bicyclic) bond motifs is 3. The van der Waals surface area contributed by atoms with Crippen molar-refractivity contribution < 1.29 is 0 Å². The third-order valence-corrected chi connectivity index (χ3v) is 6.64. The average molecular weight is 414 g/mol. The molecule has 0 unspecified atom stereocenters. The zero-order chi connectivity index (χ0) is 20.6. The van der Waals surface area contributed by atoms with E-state index in [9.17, 15) is 0 Å². The van der Waals surface area contributed by atoms with E-state index in [1.165, 1.54) is 36.8 Å². The normalized spacial score (nSPS) is 17.6. The highest BCUT2D eigenvalue weighted by molar-refractivity contribution is 6.06. The molecule has 6 rings (SSSR count). The number of piperazine rings is 1. The Hall–Kier alpha value is -3.19. The number of nitrogens with one attached hydrogen (secondary N) is 2. The highest BCUT2D eigenvalue weighted by atomic mass is 15.2. The summed E-state index contributed by atoms with van der Waals surface area (Å²) in [7, 11) is 0. The minimum absolute atomic E-state index is 0.491. The van der Waals surface area contributed by atoms with Gasteiger partial charge >= 0.3 is 0 Å². The molecule has 158 valence electrons. The van der Waals surface area contributed by atoms with Gasteiger partial charge in [-0.1, -0.05) is 12.8 Å². The predicted octanol–water partition coefficient (Wildman–Crippen LogP) is 4.25. The molecule has 2 N–H and O–H groups in total. The summed E-state index contributed by atoms with van der Waals surface area (Å²) in [6, 6.07) is 11.1. The van der Waals surface area contributed by atoms with Crippen molar-refractivity contribution in [1.82, 2.24) is 24.8 Å². The van der Waals surface area contributed by atoms with Crippen molar-refractivity contribution in [3.8, 4) is 0 Å². The van der Waals surface area contributed by atoms with E-state index < -0.39 is 0 Å². The molecule has 0 atom stereocenters. The largest absolute Gasteiger partial charge is 0.369 e. The molecule has 0 spiro atoms. The molecular formula is C24H27N7. The topological polar surface area (TPSA) is 70.9 Å². The summed E-state index contributed by atoms with van der Waals surface area (Å²) in [6.45, 7) is 4.18.